The Hall–Kier alpha value is -2.17. The van der Waals surface area contributed by atoms with Crippen molar-refractivity contribution in [2.45, 2.75) is 19.3 Å². The molecule has 0 amide bonds. The average molecular weight is 368 g/mol. The maximum atomic E-state index is 9.15. The number of benzene rings is 2. The number of fused-ring (bicyclic) bond motifs is 1. The van der Waals surface area contributed by atoms with E-state index in [1.807, 2.05) is 30.3 Å². The molecule has 26 heavy (non-hydrogen) atoms. The molecule has 1 saturated heterocycles. The van der Waals surface area contributed by atoms with Crippen molar-refractivity contribution in [3.63, 3.8) is 0 Å². The summed E-state index contributed by atoms with van der Waals surface area (Å²) < 4.78 is 0. The van der Waals surface area contributed by atoms with E-state index in [0.29, 0.717) is 10.9 Å². The van der Waals surface area contributed by atoms with Gasteiger partial charge in [0.1, 0.15) is 5.69 Å². The van der Waals surface area contributed by atoms with Crippen LogP contribution in [-0.2, 0) is 0 Å². The summed E-state index contributed by atoms with van der Waals surface area (Å²) in [6, 6.07) is 16.1. The van der Waals surface area contributed by atoms with Gasteiger partial charge in [0, 0.05) is 41.1 Å². The fraction of sp³-hybridized carbons (Fsp3) is 0.333. The second-order valence-corrected chi connectivity index (χ2v) is 7.30. The van der Waals surface area contributed by atoms with Crippen molar-refractivity contribution in [2.75, 3.05) is 24.6 Å². The number of aromatic nitrogens is 2. The van der Waals surface area contributed by atoms with Crippen LogP contribution in [0.5, 0.6) is 0 Å². The summed E-state index contributed by atoms with van der Waals surface area (Å²) >= 11 is 6.02. The maximum Gasteiger partial charge on any atom is 0.159 e. The van der Waals surface area contributed by atoms with Crippen LogP contribution in [-0.4, -0.2) is 35.0 Å². The number of nitrogens with zero attached hydrogens (tertiary/aromatic N) is 3. The lowest BCUT2D eigenvalue weighted by Crippen LogP contribution is -2.34. The van der Waals surface area contributed by atoms with Gasteiger partial charge in [-0.25, -0.2) is 0 Å². The predicted molar refractivity (Wildman–Crippen MR) is 107 cm³/mol. The van der Waals surface area contributed by atoms with Crippen LogP contribution in [0.4, 0.5) is 5.82 Å². The van der Waals surface area contributed by atoms with E-state index in [0.717, 1.165) is 60.2 Å². The molecule has 0 aliphatic carbocycles. The number of hydrogen-bond donors (Lipinski definition) is 1. The van der Waals surface area contributed by atoms with E-state index in [9.17, 15) is 0 Å². The van der Waals surface area contributed by atoms with Crippen LogP contribution in [0.2, 0.25) is 5.02 Å². The largest absolute Gasteiger partial charge is 0.396 e. The van der Waals surface area contributed by atoms with Gasteiger partial charge in [0.15, 0.2) is 5.82 Å². The first-order chi connectivity index (χ1) is 12.8. The normalized spacial score (nSPS) is 15.5. The van der Waals surface area contributed by atoms with Gasteiger partial charge in [-0.2, -0.15) is 0 Å². The summed E-state index contributed by atoms with van der Waals surface area (Å²) in [7, 11) is 0. The van der Waals surface area contributed by atoms with Crippen LogP contribution >= 0.6 is 11.6 Å². The molecule has 0 bridgehead atoms. The van der Waals surface area contributed by atoms with Crippen molar-refractivity contribution in [3.05, 3.63) is 53.6 Å². The summed E-state index contributed by atoms with van der Waals surface area (Å²) in [6.07, 6.45) is 3.08. The highest BCUT2D eigenvalue weighted by molar-refractivity contribution is 6.30. The highest BCUT2D eigenvalue weighted by Crippen LogP contribution is 2.33. The molecule has 5 heteroatoms. The van der Waals surface area contributed by atoms with Crippen molar-refractivity contribution < 1.29 is 5.11 Å². The van der Waals surface area contributed by atoms with Crippen molar-refractivity contribution in [1.29, 1.82) is 0 Å². The lowest BCUT2D eigenvalue weighted by molar-refractivity contribution is 0.240. The summed E-state index contributed by atoms with van der Waals surface area (Å²) in [5, 5.41) is 21.3. The van der Waals surface area contributed by atoms with E-state index < -0.39 is 0 Å². The molecule has 1 fully saturated rings. The number of anilines is 1. The van der Waals surface area contributed by atoms with Crippen molar-refractivity contribution >= 4 is 28.2 Å². The number of rotatable bonds is 4. The Kier molecular flexibility index (Phi) is 5.05. The third kappa shape index (κ3) is 3.39. The van der Waals surface area contributed by atoms with E-state index in [-0.39, 0.29) is 6.61 Å². The zero-order valence-electron chi connectivity index (χ0n) is 14.6. The average Bonchev–Trinajstić information content (AvgIpc) is 2.69. The summed E-state index contributed by atoms with van der Waals surface area (Å²) in [5.74, 6) is 1.57. The monoisotopic (exact) mass is 367 g/mol. The Balaban J connectivity index is 1.70. The summed E-state index contributed by atoms with van der Waals surface area (Å²) in [6.45, 7) is 2.20. The quantitative estimate of drug-likeness (QED) is 0.735. The predicted octanol–water partition coefficient (Wildman–Crippen LogP) is 4.55. The molecule has 1 aromatic heterocycles. The molecular formula is C21H22ClN3O. The third-order valence-electron chi connectivity index (χ3n) is 5.24. The molecule has 0 atom stereocenters. The number of hydrogen-bond acceptors (Lipinski definition) is 4. The molecule has 1 N–H and O–H groups in total. The molecule has 0 unspecified atom stereocenters. The van der Waals surface area contributed by atoms with E-state index in [1.54, 1.807) is 0 Å². The van der Waals surface area contributed by atoms with Crippen molar-refractivity contribution in [3.8, 4) is 11.3 Å². The van der Waals surface area contributed by atoms with Crippen LogP contribution in [0, 0.1) is 5.92 Å². The molecule has 0 spiro atoms. The fourth-order valence-corrected chi connectivity index (χ4v) is 3.89. The van der Waals surface area contributed by atoms with Gasteiger partial charge >= 0.3 is 0 Å². The van der Waals surface area contributed by atoms with Crippen LogP contribution in [0.25, 0.3) is 22.0 Å². The zero-order chi connectivity index (χ0) is 17.9. The molecule has 3 aromatic rings. The van der Waals surface area contributed by atoms with E-state index >= 15 is 0 Å². The number of piperidine rings is 1. The molecule has 134 valence electrons. The second-order valence-electron chi connectivity index (χ2n) is 6.87. The minimum Gasteiger partial charge on any atom is -0.396 e. The van der Waals surface area contributed by atoms with Crippen LogP contribution < -0.4 is 4.90 Å². The first kappa shape index (κ1) is 17.3. The minimum atomic E-state index is 0.281. The number of aliphatic hydroxyl groups is 1. The molecular weight excluding hydrogens is 346 g/mol. The lowest BCUT2D eigenvalue weighted by atomic mass is 9.93. The second kappa shape index (κ2) is 7.60. The number of aliphatic hydroxyl groups excluding tert-OH is 1. The van der Waals surface area contributed by atoms with E-state index in [4.69, 9.17) is 16.7 Å². The molecule has 0 radical (unpaired) electrons. The molecule has 0 saturated carbocycles. The smallest absolute Gasteiger partial charge is 0.159 e. The SMILES string of the molecule is OCCC1CCN(c2nnc(-c3ccc(Cl)cc3)c3ccccc23)CC1. The lowest BCUT2D eigenvalue weighted by Gasteiger charge is -2.33. The highest BCUT2D eigenvalue weighted by Gasteiger charge is 2.22. The van der Waals surface area contributed by atoms with Crippen LogP contribution in [0.1, 0.15) is 19.3 Å². The van der Waals surface area contributed by atoms with E-state index in [2.05, 4.69) is 33.3 Å². The molecule has 1 aliphatic rings. The molecule has 1 aliphatic heterocycles. The zero-order valence-corrected chi connectivity index (χ0v) is 15.4. The van der Waals surface area contributed by atoms with Gasteiger partial charge in [0.25, 0.3) is 0 Å². The Morgan fingerprint density at radius 3 is 2.35 bits per heavy atom. The fourth-order valence-electron chi connectivity index (χ4n) is 3.76. The van der Waals surface area contributed by atoms with Crippen molar-refractivity contribution in [1.82, 2.24) is 10.2 Å². The highest BCUT2D eigenvalue weighted by atomic mass is 35.5. The summed E-state index contributed by atoms with van der Waals surface area (Å²) in [5.41, 5.74) is 1.91. The van der Waals surface area contributed by atoms with Crippen LogP contribution in [0.3, 0.4) is 0 Å². The standard InChI is InChI=1S/C21H22ClN3O/c22-17-7-5-16(6-8-17)20-18-3-1-2-4-19(18)21(24-23-20)25-12-9-15(10-13-25)11-14-26/h1-8,15,26H,9-14H2. The first-order valence-electron chi connectivity index (χ1n) is 9.13. The molecule has 2 aromatic carbocycles. The first-order valence-corrected chi connectivity index (χ1v) is 9.51. The van der Waals surface area contributed by atoms with Crippen LogP contribution in [0.15, 0.2) is 48.5 Å². The molecule has 4 nitrogen and oxygen atoms in total. The Bertz CT molecular complexity index is 889. The Morgan fingerprint density at radius 1 is 0.962 bits per heavy atom. The molecule has 4 rings (SSSR count). The van der Waals surface area contributed by atoms with Crippen molar-refractivity contribution in [2.24, 2.45) is 5.92 Å². The van der Waals surface area contributed by atoms with Gasteiger partial charge in [-0.3, -0.25) is 0 Å². The Labute approximate surface area is 158 Å². The van der Waals surface area contributed by atoms with E-state index in [1.165, 1.54) is 0 Å². The van der Waals surface area contributed by atoms with Gasteiger partial charge in [-0.05, 0) is 37.3 Å². The minimum absolute atomic E-state index is 0.281. The van der Waals surface area contributed by atoms with Gasteiger partial charge in [0.2, 0.25) is 0 Å². The van der Waals surface area contributed by atoms with Gasteiger partial charge in [-0.15, -0.1) is 10.2 Å². The molecule has 2 heterocycles. The third-order valence-corrected chi connectivity index (χ3v) is 5.49. The number of halogens is 1. The summed E-state index contributed by atoms with van der Waals surface area (Å²) in [4.78, 5) is 2.33. The Morgan fingerprint density at radius 2 is 1.65 bits per heavy atom. The van der Waals surface area contributed by atoms with Gasteiger partial charge in [-0.1, -0.05) is 48.0 Å². The topological polar surface area (TPSA) is 49.2 Å². The maximum absolute atomic E-state index is 9.15. The van der Waals surface area contributed by atoms with Gasteiger partial charge < -0.3 is 10.0 Å². The van der Waals surface area contributed by atoms with Gasteiger partial charge in [0.05, 0.1) is 0 Å².